The van der Waals surface area contributed by atoms with Crippen molar-refractivity contribution in [3.05, 3.63) is 98.1 Å². The number of rotatable bonds is 12. The van der Waals surface area contributed by atoms with E-state index >= 15 is 0 Å². The van der Waals surface area contributed by atoms with E-state index in [1.165, 1.54) is 16.0 Å². The van der Waals surface area contributed by atoms with Crippen LogP contribution in [0.3, 0.4) is 0 Å². The number of piperidine rings is 1. The monoisotopic (exact) mass is 774 g/mol. The summed E-state index contributed by atoms with van der Waals surface area (Å²) in [6, 6.07) is 19.8. The van der Waals surface area contributed by atoms with Gasteiger partial charge in [-0.3, -0.25) is 19.8 Å². The predicted octanol–water partition coefficient (Wildman–Crippen LogP) is 5.68. The Bertz CT molecular complexity index is 2200. The molecular weight excluding hydrogens is 732 g/mol. The molecule has 10 rings (SSSR count). The Hall–Kier alpha value is -4.44. The second-order valence-electron chi connectivity index (χ2n) is 15.6. The lowest BCUT2D eigenvalue weighted by Gasteiger charge is -2.39. The van der Waals surface area contributed by atoms with Crippen molar-refractivity contribution in [2.24, 2.45) is 11.8 Å². The van der Waals surface area contributed by atoms with Gasteiger partial charge >= 0.3 is 0 Å². The highest BCUT2D eigenvalue weighted by Crippen LogP contribution is 2.50. The number of fused-ring (bicyclic) bond motifs is 3. The first kappa shape index (κ1) is 35.0. The molecule has 6 aliphatic rings. The molecule has 0 spiro atoms. The van der Waals surface area contributed by atoms with Crippen LogP contribution in [0.2, 0.25) is 5.02 Å². The topological polar surface area (TPSA) is 137 Å². The third-order valence-electron chi connectivity index (χ3n) is 12.4. The number of aromatic nitrogens is 1. The highest BCUT2D eigenvalue weighted by atomic mass is 35.5. The van der Waals surface area contributed by atoms with Crippen LogP contribution >= 0.6 is 22.9 Å². The molecule has 4 fully saturated rings. The number of thiophene rings is 1. The van der Waals surface area contributed by atoms with Gasteiger partial charge in [-0.15, -0.1) is 16.9 Å². The molecule has 4 atom stereocenters. The van der Waals surface area contributed by atoms with Gasteiger partial charge in [0.05, 0.1) is 90.2 Å². The molecule has 3 saturated heterocycles. The quantitative estimate of drug-likeness (QED) is 0.141. The third-order valence-corrected chi connectivity index (χ3v) is 13.8. The second kappa shape index (κ2) is 14.6. The maximum Gasteiger partial charge on any atom is 0.103 e. The number of likely N-dealkylation sites (tertiary alicyclic amines) is 1. The number of halogens is 1. The van der Waals surface area contributed by atoms with Crippen LogP contribution in [0.4, 0.5) is 11.4 Å². The van der Waals surface area contributed by atoms with Crippen LogP contribution in [0.15, 0.2) is 65.9 Å². The molecule has 2 aromatic carbocycles. The SMILES string of the molecule is N#CCCC(Nc1c(C#N)cnc2c(Cl)cc(N[C@H](C3=CN(C4C5CN(C6COC6)CC54)NN3)c3csc4c3CCN(C3COC3)C4)cc12)c1ccccc1. The molecule has 282 valence electrons. The van der Waals surface area contributed by atoms with E-state index in [9.17, 15) is 10.5 Å². The number of nitriles is 2. The Morgan fingerprint density at radius 1 is 1.02 bits per heavy atom. The second-order valence-corrected chi connectivity index (χ2v) is 17.0. The van der Waals surface area contributed by atoms with Gasteiger partial charge in [-0.25, -0.2) is 0 Å². The molecule has 0 bridgehead atoms. The first-order valence-electron chi connectivity index (χ1n) is 19.3. The number of hydrazine groups is 2. The summed E-state index contributed by atoms with van der Waals surface area (Å²) >= 11 is 8.90. The summed E-state index contributed by atoms with van der Waals surface area (Å²) in [4.78, 5) is 11.2. The van der Waals surface area contributed by atoms with Crippen molar-refractivity contribution in [2.45, 2.75) is 56.0 Å². The van der Waals surface area contributed by atoms with Gasteiger partial charge in [0.1, 0.15) is 6.07 Å². The summed E-state index contributed by atoms with van der Waals surface area (Å²) in [5.41, 5.74) is 14.4. The number of anilines is 2. The summed E-state index contributed by atoms with van der Waals surface area (Å²) in [5.74, 6) is 1.29. The van der Waals surface area contributed by atoms with Crippen molar-refractivity contribution in [1.82, 2.24) is 30.8 Å². The van der Waals surface area contributed by atoms with Crippen LogP contribution < -0.4 is 21.6 Å². The van der Waals surface area contributed by atoms with Crippen LogP contribution in [0, 0.1) is 34.5 Å². The van der Waals surface area contributed by atoms with E-state index in [-0.39, 0.29) is 12.1 Å². The summed E-state index contributed by atoms with van der Waals surface area (Å²) in [7, 11) is 0. The summed E-state index contributed by atoms with van der Waals surface area (Å²) < 4.78 is 11.0. The van der Waals surface area contributed by atoms with Crippen molar-refractivity contribution in [3.8, 4) is 12.1 Å². The number of hydrogen-bond acceptors (Lipinski definition) is 13. The zero-order valence-corrected chi connectivity index (χ0v) is 32.0. The van der Waals surface area contributed by atoms with E-state index < -0.39 is 0 Å². The lowest BCUT2D eigenvalue weighted by molar-refractivity contribution is -0.0691. The van der Waals surface area contributed by atoms with E-state index in [4.69, 9.17) is 21.1 Å². The number of nitrogens with zero attached hydrogens (tertiary/aromatic N) is 6. The van der Waals surface area contributed by atoms with E-state index in [0.29, 0.717) is 64.6 Å². The van der Waals surface area contributed by atoms with Crippen molar-refractivity contribution in [2.75, 3.05) is 56.7 Å². The minimum Gasteiger partial charge on any atom is -0.378 e. The third kappa shape index (κ3) is 6.48. The average molecular weight is 775 g/mol. The van der Waals surface area contributed by atoms with Gasteiger partial charge in [-0.2, -0.15) is 10.5 Å². The van der Waals surface area contributed by atoms with E-state index in [1.807, 2.05) is 47.7 Å². The molecule has 3 unspecified atom stereocenters. The molecule has 4 aromatic rings. The maximum absolute atomic E-state index is 10.3. The summed E-state index contributed by atoms with van der Waals surface area (Å²) in [6.07, 6.45) is 5.76. The van der Waals surface area contributed by atoms with Gasteiger partial charge in [0.25, 0.3) is 0 Å². The normalized spacial score (nSPS) is 24.7. The van der Waals surface area contributed by atoms with Crippen molar-refractivity contribution in [3.63, 3.8) is 0 Å². The Balaban J connectivity index is 0.986. The maximum atomic E-state index is 10.3. The van der Waals surface area contributed by atoms with Gasteiger partial charge in [-0.1, -0.05) is 41.9 Å². The summed E-state index contributed by atoms with van der Waals surface area (Å²) in [6.45, 7) is 7.56. The standard InChI is InChI=1S/C41H43ClN10O2S/c42-34-12-26(11-30-38(25(13-44)14-45-39(30)34)47-35(7-4-9-43)24-5-2-1-3-6-24)46-40(33-23-55-37-18-50(10-8-29(33)37)27-19-53-20-27)36-17-52(49-48-36)41-31-15-51(16-32(31)41)28-21-54-22-28/h1-3,5-6,11-12,14,17,23,27-28,31-32,35,40-41,46,48-49H,4,7-8,10,15-16,18-22H2,(H,45,47)/t31?,32?,35?,40-,41?/m0/s1. The molecular formula is C41H43ClN10O2S. The fourth-order valence-electron chi connectivity index (χ4n) is 9.15. The number of benzene rings is 2. The Morgan fingerprint density at radius 3 is 2.53 bits per heavy atom. The van der Waals surface area contributed by atoms with Crippen LogP contribution in [0.5, 0.6) is 0 Å². The van der Waals surface area contributed by atoms with Gasteiger partial charge in [0.2, 0.25) is 0 Å². The number of nitrogens with one attached hydrogen (secondary N) is 4. The number of ether oxygens (including phenoxy) is 2. The zero-order chi connectivity index (χ0) is 37.0. The minimum absolute atomic E-state index is 0.189. The molecule has 12 nitrogen and oxygen atoms in total. The van der Waals surface area contributed by atoms with Gasteiger partial charge < -0.3 is 25.5 Å². The highest BCUT2D eigenvalue weighted by Gasteiger charge is 2.60. The first-order chi connectivity index (χ1) is 27.1. The Kier molecular flexibility index (Phi) is 9.27. The minimum atomic E-state index is -0.192. The van der Waals surface area contributed by atoms with E-state index in [2.05, 4.69) is 71.2 Å². The van der Waals surface area contributed by atoms with Crippen molar-refractivity contribution >= 4 is 45.2 Å². The van der Waals surface area contributed by atoms with Gasteiger partial charge in [-0.05, 0) is 58.9 Å². The molecule has 1 saturated carbocycles. The smallest absolute Gasteiger partial charge is 0.103 e. The molecule has 4 N–H and O–H groups in total. The Morgan fingerprint density at radius 2 is 1.80 bits per heavy atom. The van der Waals surface area contributed by atoms with Crippen molar-refractivity contribution < 1.29 is 9.47 Å². The van der Waals surface area contributed by atoms with Gasteiger partial charge in [0, 0.05) is 60.9 Å². The first-order valence-corrected chi connectivity index (χ1v) is 20.5. The average Bonchev–Trinajstić information content (AvgIpc) is 3.58. The molecule has 14 heteroatoms. The molecule has 1 aliphatic carbocycles. The largest absolute Gasteiger partial charge is 0.378 e. The lowest BCUT2D eigenvalue weighted by atomic mass is 9.95. The molecule has 55 heavy (non-hydrogen) atoms. The van der Waals surface area contributed by atoms with Gasteiger partial charge in [0.15, 0.2) is 0 Å². The number of hydrogen-bond donors (Lipinski definition) is 4. The summed E-state index contributed by atoms with van der Waals surface area (Å²) in [5, 5.41) is 33.2. The highest BCUT2D eigenvalue weighted by molar-refractivity contribution is 7.10. The molecule has 7 heterocycles. The fraction of sp³-hybridized carbons (Fsp3) is 0.439. The molecule has 5 aliphatic heterocycles. The zero-order valence-electron chi connectivity index (χ0n) is 30.4. The van der Waals surface area contributed by atoms with Crippen LogP contribution in [0.1, 0.15) is 52.1 Å². The van der Waals surface area contributed by atoms with Crippen LogP contribution in [0.25, 0.3) is 10.9 Å². The van der Waals surface area contributed by atoms with Crippen LogP contribution in [-0.2, 0) is 22.4 Å². The molecule has 0 radical (unpaired) electrons. The van der Waals surface area contributed by atoms with Crippen LogP contribution in [-0.4, -0.2) is 84.0 Å². The van der Waals surface area contributed by atoms with Crippen molar-refractivity contribution in [1.29, 1.82) is 10.5 Å². The molecule has 0 amide bonds. The predicted molar refractivity (Wildman–Crippen MR) is 212 cm³/mol. The lowest BCUT2D eigenvalue weighted by Crippen LogP contribution is -2.50. The van der Waals surface area contributed by atoms with E-state index in [1.54, 1.807) is 6.20 Å². The number of pyridine rings is 1. The fourth-order valence-corrected chi connectivity index (χ4v) is 10.6. The molecule has 2 aromatic heterocycles. The Labute approximate surface area is 329 Å². The van der Waals surface area contributed by atoms with E-state index in [0.717, 1.165) is 81.4 Å².